The highest BCUT2D eigenvalue weighted by Crippen LogP contribution is 2.07. The van der Waals surface area contributed by atoms with Gasteiger partial charge in [-0.3, -0.25) is 9.79 Å². The normalized spacial score (nSPS) is 11.3. The third-order valence-corrected chi connectivity index (χ3v) is 4.19. The molecule has 1 heterocycles. The van der Waals surface area contributed by atoms with E-state index in [2.05, 4.69) is 32.7 Å². The first-order valence-electron chi connectivity index (χ1n) is 9.75. The molecule has 0 unspecified atom stereocenters. The number of nitrogens with one attached hydrogen (secondary N) is 2. The Hall–Kier alpha value is -2.90. The molecule has 0 aliphatic heterocycles. The van der Waals surface area contributed by atoms with Gasteiger partial charge in [-0.25, -0.2) is 0 Å². The maximum Gasteiger partial charge on any atom is 0.253 e. The van der Waals surface area contributed by atoms with Crippen LogP contribution in [0.25, 0.3) is 0 Å². The predicted molar refractivity (Wildman–Crippen MR) is 111 cm³/mol. The van der Waals surface area contributed by atoms with Crippen LogP contribution in [-0.2, 0) is 13.0 Å². The van der Waals surface area contributed by atoms with E-state index in [4.69, 9.17) is 0 Å². The van der Waals surface area contributed by atoms with E-state index in [0.29, 0.717) is 0 Å². The molecule has 0 aliphatic rings. The molecule has 0 aliphatic carbocycles. The largest absolute Gasteiger partial charge is 0.357 e. The lowest BCUT2D eigenvalue weighted by molar-refractivity contribution is 0.0827. The van der Waals surface area contributed by atoms with Crippen LogP contribution in [0.1, 0.15) is 35.7 Å². The van der Waals surface area contributed by atoms with Crippen molar-refractivity contribution in [1.82, 2.24) is 30.3 Å². The molecule has 1 aromatic carbocycles. The van der Waals surface area contributed by atoms with Gasteiger partial charge in [-0.15, -0.1) is 10.2 Å². The highest BCUT2D eigenvalue weighted by Gasteiger charge is 2.08. The minimum absolute atomic E-state index is 0.0242. The van der Waals surface area contributed by atoms with E-state index in [0.717, 1.165) is 62.5 Å². The molecule has 28 heavy (non-hydrogen) atoms. The zero-order valence-corrected chi connectivity index (χ0v) is 17.1. The summed E-state index contributed by atoms with van der Waals surface area (Å²) in [6.45, 7) is 5.31. The van der Waals surface area contributed by atoms with Gasteiger partial charge in [-0.2, -0.15) is 0 Å². The van der Waals surface area contributed by atoms with Crippen molar-refractivity contribution < 1.29 is 4.79 Å². The van der Waals surface area contributed by atoms with Crippen molar-refractivity contribution in [2.24, 2.45) is 4.99 Å². The second-order valence-corrected chi connectivity index (χ2v) is 6.74. The fourth-order valence-corrected chi connectivity index (χ4v) is 2.72. The molecule has 0 fully saturated rings. The Morgan fingerprint density at radius 1 is 1.18 bits per heavy atom. The number of aromatic nitrogens is 3. The second-order valence-electron chi connectivity index (χ2n) is 6.74. The van der Waals surface area contributed by atoms with Crippen LogP contribution < -0.4 is 10.6 Å². The van der Waals surface area contributed by atoms with E-state index >= 15 is 0 Å². The summed E-state index contributed by atoms with van der Waals surface area (Å²) in [7, 11) is 3.53. The Balaban J connectivity index is 1.76. The average molecular weight is 386 g/mol. The first-order valence-corrected chi connectivity index (χ1v) is 9.75. The van der Waals surface area contributed by atoms with Gasteiger partial charge in [0, 0.05) is 45.8 Å². The molecule has 2 N–H and O–H groups in total. The summed E-state index contributed by atoms with van der Waals surface area (Å²) in [5.74, 6) is 0.850. The Bertz CT molecular complexity index is 741. The van der Waals surface area contributed by atoms with Gasteiger partial charge < -0.3 is 20.1 Å². The average Bonchev–Trinajstić information content (AvgIpc) is 3.20. The van der Waals surface area contributed by atoms with Crippen LogP contribution in [0.3, 0.4) is 0 Å². The van der Waals surface area contributed by atoms with E-state index < -0.39 is 0 Å². The van der Waals surface area contributed by atoms with Crippen LogP contribution in [0.2, 0.25) is 0 Å². The number of aliphatic imine (C=N–C) groups is 1. The third kappa shape index (κ3) is 7.38. The van der Waals surface area contributed by atoms with Gasteiger partial charge in [0.15, 0.2) is 5.96 Å². The van der Waals surface area contributed by atoms with Gasteiger partial charge in [0.1, 0.15) is 12.7 Å². The Morgan fingerprint density at radius 2 is 1.96 bits per heavy atom. The van der Waals surface area contributed by atoms with Crippen LogP contribution in [0.4, 0.5) is 0 Å². The first-order chi connectivity index (χ1) is 13.6. The van der Waals surface area contributed by atoms with Gasteiger partial charge in [-0.1, -0.05) is 12.1 Å². The van der Waals surface area contributed by atoms with Crippen LogP contribution in [-0.4, -0.2) is 65.3 Å². The van der Waals surface area contributed by atoms with Gasteiger partial charge in [0.25, 0.3) is 5.91 Å². The van der Waals surface area contributed by atoms with E-state index in [1.807, 2.05) is 28.8 Å². The van der Waals surface area contributed by atoms with Crippen molar-refractivity contribution in [3.05, 3.63) is 48.0 Å². The number of benzene rings is 1. The Morgan fingerprint density at radius 3 is 2.68 bits per heavy atom. The van der Waals surface area contributed by atoms with Crippen molar-refractivity contribution in [3.8, 4) is 0 Å². The molecule has 8 nitrogen and oxygen atoms in total. The number of hydrogen-bond acceptors (Lipinski definition) is 4. The first kappa shape index (κ1) is 21.4. The number of nitrogens with zero attached hydrogens (tertiary/aromatic N) is 5. The number of aryl methyl sites for hydroxylation is 1. The molecule has 0 saturated heterocycles. The molecule has 1 aromatic heterocycles. The topological polar surface area (TPSA) is 87.4 Å². The zero-order valence-electron chi connectivity index (χ0n) is 17.1. The summed E-state index contributed by atoms with van der Waals surface area (Å²) in [4.78, 5) is 18.3. The fraction of sp³-hybridized carbons (Fsp3) is 0.500. The van der Waals surface area contributed by atoms with Crippen molar-refractivity contribution in [2.75, 3.05) is 33.7 Å². The Kier molecular flexibility index (Phi) is 8.97. The lowest BCUT2D eigenvalue weighted by Gasteiger charge is -2.13. The van der Waals surface area contributed by atoms with Crippen molar-refractivity contribution >= 4 is 11.9 Å². The summed E-state index contributed by atoms with van der Waals surface area (Å²) in [6, 6.07) is 7.79. The number of carbonyl (C=O) groups excluding carboxylic acids is 1. The lowest BCUT2D eigenvalue weighted by Crippen LogP contribution is -2.38. The third-order valence-electron chi connectivity index (χ3n) is 4.19. The fourth-order valence-electron chi connectivity index (χ4n) is 2.72. The summed E-state index contributed by atoms with van der Waals surface area (Å²) in [6.07, 6.45) is 6.33. The number of carbonyl (C=O) groups is 1. The molecular weight excluding hydrogens is 354 g/mol. The summed E-state index contributed by atoms with van der Waals surface area (Å²) >= 11 is 0. The molecule has 2 rings (SSSR count). The number of guanidine groups is 1. The van der Waals surface area contributed by atoms with Gasteiger partial charge >= 0.3 is 0 Å². The van der Waals surface area contributed by atoms with Crippen molar-refractivity contribution in [1.29, 1.82) is 0 Å². The number of rotatable bonds is 10. The van der Waals surface area contributed by atoms with Gasteiger partial charge in [-0.05, 0) is 43.9 Å². The van der Waals surface area contributed by atoms with E-state index in [1.54, 1.807) is 31.6 Å². The second kappa shape index (κ2) is 11.7. The highest BCUT2D eigenvalue weighted by molar-refractivity contribution is 5.94. The summed E-state index contributed by atoms with van der Waals surface area (Å²) < 4.78 is 1.97. The molecule has 1 amide bonds. The molecular formula is C20H31N7O. The SMILES string of the molecule is CCNC(=NCCCCn1cnnc1)NCCc1cccc(C(=O)N(C)C)c1. The molecule has 0 bridgehead atoms. The van der Waals surface area contributed by atoms with E-state index in [-0.39, 0.29) is 5.91 Å². The van der Waals surface area contributed by atoms with Crippen LogP contribution >= 0.6 is 0 Å². The minimum Gasteiger partial charge on any atom is -0.357 e. The van der Waals surface area contributed by atoms with Crippen molar-refractivity contribution in [3.63, 3.8) is 0 Å². The predicted octanol–water partition coefficient (Wildman–Crippen LogP) is 1.56. The Labute approximate surface area is 167 Å². The van der Waals surface area contributed by atoms with Crippen LogP contribution in [0.5, 0.6) is 0 Å². The summed E-state index contributed by atoms with van der Waals surface area (Å²) in [5, 5.41) is 14.2. The van der Waals surface area contributed by atoms with E-state index in [9.17, 15) is 4.79 Å². The summed E-state index contributed by atoms with van der Waals surface area (Å²) in [5.41, 5.74) is 1.85. The number of amides is 1. The highest BCUT2D eigenvalue weighted by atomic mass is 16.2. The molecule has 0 atom stereocenters. The molecule has 8 heteroatoms. The molecule has 2 aromatic rings. The van der Waals surface area contributed by atoms with Gasteiger partial charge in [0.2, 0.25) is 0 Å². The maximum atomic E-state index is 12.1. The van der Waals surface area contributed by atoms with Crippen LogP contribution in [0, 0.1) is 0 Å². The smallest absolute Gasteiger partial charge is 0.253 e. The lowest BCUT2D eigenvalue weighted by atomic mass is 10.1. The molecule has 0 saturated carbocycles. The molecule has 0 radical (unpaired) electrons. The molecule has 0 spiro atoms. The van der Waals surface area contributed by atoms with Crippen LogP contribution in [0.15, 0.2) is 41.9 Å². The molecule has 152 valence electrons. The zero-order chi connectivity index (χ0) is 20.2. The van der Waals surface area contributed by atoms with Gasteiger partial charge in [0.05, 0.1) is 0 Å². The van der Waals surface area contributed by atoms with Crippen molar-refractivity contribution in [2.45, 2.75) is 32.7 Å². The maximum absolute atomic E-state index is 12.1. The quantitative estimate of drug-likeness (QED) is 0.368. The monoisotopic (exact) mass is 385 g/mol. The number of unbranched alkanes of at least 4 members (excludes halogenated alkanes) is 1. The number of hydrogen-bond donors (Lipinski definition) is 2. The minimum atomic E-state index is 0.0242. The standard InChI is InChI=1S/C20H31N7O/c1-4-21-20(22-11-5-6-13-27-15-24-25-16-27)23-12-10-17-8-7-9-18(14-17)19(28)26(2)3/h7-9,14-16H,4-6,10-13H2,1-3H3,(H2,21,22,23). The van der Waals surface area contributed by atoms with E-state index in [1.165, 1.54) is 0 Å².